The average Bonchev–Trinajstić information content (AvgIpc) is 2.48. The molecule has 0 saturated carbocycles. The van der Waals surface area contributed by atoms with Gasteiger partial charge in [-0.3, -0.25) is 29.9 Å². The maximum atomic E-state index is 12.3. The molecule has 1 saturated heterocycles. The van der Waals surface area contributed by atoms with Gasteiger partial charge in [0.15, 0.2) is 5.11 Å². The third-order valence-corrected chi connectivity index (χ3v) is 3.25. The van der Waals surface area contributed by atoms with Gasteiger partial charge in [0.2, 0.25) is 0 Å². The minimum Gasteiger partial charge on any atom is -0.298 e. The van der Waals surface area contributed by atoms with Crippen LogP contribution in [0.15, 0.2) is 42.5 Å². The van der Waals surface area contributed by atoms with E-state index >= 15 is 0 Å². The number of nitro benzene ring substituents is 1. The summed E-state index contributed by atoms with van der Waals surface area (Å²) in [4.78, 5) is 35.8. The van der Waals surface area contributed by atoms with Gasteiger partial charge in [-0.2, -0.15) is 0 Å². The van der Waals surface area contributed by atoms with Crippen LogP contribution in [0.25, 0.3) is 6.08 Å². The topological polar surface area (TPSA) is 92.6 Å². The van der Waals surface area contributed by atoms with Crippen LogP contribution in [-0.4, -0.2) is 33.3 Å². The van der Waals surface area contributed by atoms with Crippen molar-refractivity contribution in [3.05, 3.63) is 58.2 Å². The molecule has 0 aliphatic carbocycles. The fraction of sp³-hybridized carbons (Fsp3) is 0.0714. The van der Waals surface area contributed by atoms with Crippen LogP contribution in [0, 0.1) is 10.1 Å². The highest BCUT2D eigenvalue weighted by Gasteiger charge is 2.33. The van der Waals surface area contributed by atoms with Gasteiger partial charge in [-0.1, -0.05) is 18.2 Å². The molecular formula is C14H11N3O4S. The zero-order valence-electron chi connectivity index (χ0n) is 11.3. The number of nitrogens with one attached hydrogen (secondary N) is 1. The summed E-state index contributed by atoms with van der Waals surface area (Å²) in [5.41, 5.74) is -0.249. The number of benzene rings is 1. The molecule has 1 aliphatic heterocycles. The van der Waals surface area contributed by atoms with E-state index in [2.05, 4.69) is 11.9 Å². The number of carbonyl (C=O) groups is 2. The fourth-order valence-corrected chi connectivity index (χ4v) is 2.17. The summed E-state index contributed by atoms with van der Waals surface area (Å²) in [6.07, 6.45) is 2.65. The van der Waals surface area contributed by atoms with Gasteiger partial charge in [-0.25, -0.2) is 0 Å². The number of carbonyl (C=O) groups excluding carboxylic acids is 2. The van der Waals surface area contributed by atoms with Crippen molar-refractivity contribution in [1.82, 2.24) is 10.2 Å². The second-order valence-electron chi connectivity index (χ2n) is 4.34. The van der Waals surface area contributed by atoms with Crippen molar-refractivity contribution in [2.45, 2.75) is 0 Å². The molecule has 7 nitrogen and oxygen atoms in total. The number of rotatable bonds is 4. The van der Waals surface area contributed by atoms with Gasteiger partial charge in [0.25, 0.3) is 17.5 Å². The van der Waals surface area contributed by atoms with E-state index in [1.54, 1.807) is 6.07 Å². The maximum Gasteiger partial charge on any atom is 0.276 e. The van der Waals surface area contributed by atoms with Crippen molar-refractivity contribution >= 4 is 40.9 Å². The zero-order valence-corrected chi connectivity index (χ0v) is 12.1. The molecule has 1 aromatic rings. The van der Waals surface area contributed by atoms with Crippen molar-refractivity contribution in [3.63, 3.8) is 0 Å². The molecule has 1 fully saturated rings. The SMILES string of the molecule is C=CCN1C(=O)/C(=C/c2ccccc2[N+](=O)[O-])C(=O)NC1=S. The minimum atomic E-state index is -0.687. The van der Waals surface area contributed by atoms with Gasteiger partial charge in [-0.05, 0) is 24.4 Å². The third-order valence-electron chi connectivity index (χ3n) is 2.93. The molecule has 0 radical (unpaired) electrons. The molecule has 0 unspecified atom stereocenters. The number of nitrogens with zero attached hydrogens (tertiary/aromatic N) is 2. The van der Waals surface area contributed by atoms with E-state index in [0.29, 0.717) is 0 Å². The molecule has 1 aliphatic rings. The average molecular weight is 317 g/mol. The Kier molecular flexibility index (Phi) is 4.42. The Morgan fingerprint density at radius 1 is 1.36 bits per heavy atom. The molecular weight excluding hydrogens is 306 g/mol. The van der Waals surface area contributed by atoms with Crippen LogP contribution in [-0.2, 0) is 9.59 Å². The van der Waals surface area contributed by atoms with Crippen molar-refractivity contribution in [2.75, 3.05) is 6.54 Å². The second-order valence-corrected chi connectivity index (χ2v) is 4.72. The molecule has 0 bridgehead atoms. The summed E-state index contributed by atoms with van der Waals surface area (Å²) >= 11 is 4.92. The van der Waals surface area contributed by atoms with Gasteiger partial charge in [0.1, 0.15) is 5.57 Å². The molecule has 2 amide bonds. The Morgan fingerprint density at radius 2 is 2.05 bits per heavy atom. The van der Waals surface area contributed by atoms with Crippen molar-refractivity contribution in [1.29, 1.82) is 0 Å². The monoisotopic (exact) mass is 317 g/mol. The predicted octanol–water partition coefficient (Wildman–Crippen LogP) is 1.41. The number of thiocarbonyl (C=S) groups is 1. The first-order valence-corrected chi connectivity index (χ1v) is 6.59. The number of hydrogen-bond donors (Lipinski definition) is 1. The van der Waals surface area contributed by atoms with Crippen molar-refractivity contribution in [3.8, 4) is 0 Å². The first kappa shape index (κ1) is 15.5. The van der Waals surface area contributed by atoms with Crippen molar-refractivity contribution < 1.29 is 14.5 Å². The Bertz CT molecular complexity index is 727. The van der Waals surface area contributed by atoms with Crippen LogP contribution < -0.4 is 5.32 Å². The van der Waals surface area contributed by atoms with E-state index < -0.39 is 16.7 Å². The molecule has 0 spiro atoms. The third kappa shape index (κ3) is 2.91. The Labute approximate surface area is 131 Å². The summed E-state index contributed by atoms with van der Waals surface area (Å²) in [6, 6.07) is 5.83. The molecule has 0 aromatic heterocycles. The fourth-order valence-electron chi connectivity index (χ4n) is 1.92. The molecule has 0 atom stereocenters. The molecule has 1 aromatic carbocycles. The Balaban J connectivity index is 2.48. The highest BCUT2D eigenvalue weighted by Crippen LogP contribution is 2.22. The Hall–Kier alpha value is -2.87. The molecule has 2 rings (SSSR count). The second kappa shape index (κ2) is 6.27. The van der Waals surface area contributed by atoms with Gasteiger partial charge in [-0.15, -0.1) is 6.58 Å². The van der Waals surface area contributed by atoms with Gasteiger partial charge < -0.3 is 0 Å². The van der Waals surface area contributed by atoms with E-state index in [4.69, 9.17) is 12.2 Å². The highest BCUT2D eigenvalue weighted by atomic mass is 32.1. The number of hydrogen-bond acceptors (Lipinski definition) is 5. The minimum absolute atomic E-state index is 0.0189. The van der Waals surface area contributed by atoms with Crippen LogP contribution >= 0.6 is 12.2 Å². The molecule has 1 heterocycles. The van der Waals surface area contributed by atoms with Gasteiger partial charge >= 0.3 is 0 Å². The van der Waals surface area contributed by atoms with E-state index in [9.17, 15) is 19.7 Å². The van der Waals surface area contributed by atoms with Gasteiger partial charge in [0, 0.05) is 12.6 Å². The largest absolute Gasteiger partial charge is 0.298 e. The molecule has 1 N–H and O–H groups in total. The summed E-state index contributed by atoms with van der Waals surface area (Å²) in [6.45, 7) is 3.65. The van der Waals surface area contributed by atoms with E-state index in [1.807, 2.05) is 0 Å². The smallest absolute Gasteiger partial charge is 0.276 e. The summed E-state index contributed by atoms with van der Waals surface area (Å²) in [5.74, 6) is -1.31. The predicted molar refractivity (Wildman–Crippen MR) is 83.7 cm³/mol. The number of para-hydroxylation sites is 1. The lowest BCUT2D eigenvalue weighted by molar-refractivity contribution is -0.385. The quantitative estimate of drug-likeness (QED) is 0.226. The lowest BCUT2D eigenvalue weighted by atomic mass is 10.1. The summed E-state index contributed by atoms with van der Waals surface area (Å²) in [5, 5.41) is 13.3. The number of nitro groups is 1. The maximum absolute atomic E-state index is 12.3. The van der Waals surface area contributed by atoms with Crippen molar-refractivity contribution in [2.24, 2.45) is 0 Å². The van der Waals surface area contributed by atoms with E-state index in [0.717, 1.165) is 4.90 Å². The molecule has 22 heavy (non-hydrogen) atoms. The number of amides is 2. The standard InChI is InChI=1S/C14H11N3O4S/c1-2-7-16-13(19)10(12(18)15-14(16)22)8-9-5-3-4-6-11(9)17(20)21/h2-6,8H,1,7H2,(H,15,18,22)/b10-8+. The molecule has 8 heteroatoms. The normalized spacial score (nSPS) is 16.6. The summed E-state index contributed by atoms with van der Waals surface area (Å²) in [7, 11) is 0. The van der Waals surface area contributed by atoms with Crippen LogP contribution in [0.2, 0.25) is 0 Å². The van der Waals surface area contributed by atoms with Crippen LogP contribution in [0.4, 0.5) is 5.69 Å². The summed E-state index contributed by atoms with van der Waals surface area (Å²) < 4.78 is 0. The van der Waals surface area contributed by atoms with E-state index in [-0.39, 0.29) is 28.5 Å². The lowest BCUT2D eigenvalue weighted by Gasteiger charge is -2.27. The lowest BCUT2D eigenvalue weighted by Crippen LogP contribution is -2.53. The van der Waals surface area contributed by atoms with E-state index in [1.165, 1.54) is 30.4 Å². The highest BCUT2D eigenvalue weighted by molar-refractivity contribution is 7.80. The van der Waals surface area contributed by atoms with Crippen LogP contribution in [0.5, 0.6) is 0 Å². The van der Waals surface area contributed by atoms with Gasteiger partial charge in [0.05, 0.1) is 10.5 Å². The van der Waals surface area contributed by atoms with Crippen LogP contribution in [0.1, 0.15) is 5.56 Å². The first-order chi connectivity index (χ1) is 10.5. The Morgan fingerprint density at radius 3 is 2.68 bits per heavy atom. The first-order valence-electron chi connectivity index (χ1n) is 6.19. The zero-order chi connectivity index (χ0) is 16.3. The van der Waals surface area contributed by atoms with Crippen LogP contribution in [0.3, 0.4) is 0 Å². The molecule has 112 valence electrons.